The van der Waals surface area contributed by atoms with Gasteiger partial charge in [0.1, 0.15) is 5.75 Å². The minimum absolute atomic E-state index is 0.00372. The van der Waals surface area contributed by atoms with Gasteiger partial charge in [-0.3, -0.25) is 4.90 Å². The molecule has 2 saturated carbocycles. The molecule has 178 valence electrons. The quantitative estimate of drug-likeness (QED) is 0.731. The lowest BCUT2D eigenvalue weighted by molar-refractivity contribution is 0.00999. The molecule has 2 aliphatic heterocycles. The molecule has 6 rings (SSSR count). The molecule has 33 heavy (non-hydrogen) atoms. The van der Waals surface area contributed by atoms with Crippen molar-refractivity contribution in [1.29, 1.82) is 0 Å². The predicted molar refractivity (Wildman–Crippen MR) is 128 cm³/mol. The van der Waals surface area contributed by atoms with Gasteiger partial charge in [-0.15, -0.1) is 0 Å². The van der Waals surface area contributed by atoms with Gasteiger partial charge in [-0.2, -0.15) is 0 Å². The number of aliphatic hydroxyl groups is 1. The van der Waals surface area contributed by atoms with E-state index in [1.54, 1.807) is 7.11 Å². The molecular weight excluding hydrogens is 416 g/mol. The highest BCUT2D eigenvalue weighted by atomic mass is 16.5. The molecular formula is C26H36N4O3. The number of carbonyl (C=O) groups excluding carboxylic acids is 1. The van der Waals surface area contributed by atoms with Crippen molar-refractivity contribution in [3.05, 3.63) is 29.5 Å². The van der Waals surface area contributed by atoms with E-state index < -0.39 is 0 Å². The summed E-state index contributed by atoms with van der Waals surface area (Å²) in [6.07, 6.45) is 7.22. The number of hydrogen-bond donors (Lipinski definition) is 2. The van der Waals surface area contributed by atoms with Crippen LogP contribution in [0.4, 0.5) is 4.79 Å². The van der Waals surface area contributed by atoms with E-state index in [1.807, 2.05) is 11.0 Å². The number of aromatic nitrogens is 1. The first-order valence-electron chi connectivity index (χ1n) is 12.6. The van der Waals surface area contributed by atoms with Crippen LogP contribution in [0.25, 0.3) is 10.9 Å². The van der Waals surface area contributed by atoms with Gasteiger partial charge in [-0.25, -0.2) is 4.79 Å². The summed E-state index contributed by atoms with van der Waals surface area (Å²) in [7, 11) is 3.81. The number of urea groups is 1. The Morgan fingerprint density at radius 3 is 2.61 bits per heavy atom. The highest BCUT2D eigenvalue weighted by Gasteiger charge is 2.55. The monoisotopic (exact) mass is 452 g/mol. The number of nitrogens with zero attached hydrogens (tertiary/aromatic N) is 3. The number of aryl methyl sites for hydroxylation is 1. The van der Waals surface area contributed by atoms with Crippen LogP contribution in [0.3, 0.4) is 0 Å². The molecule has 1 aromatic carbocycles. The van der Waals surface area contributed by atoms with Crippen molar-refractivity contribution in [2.45, 2.75) is 56.0 Å². The fourth-order valence-corrected chi connectivity index (χ4v) is 6.71. The fraction of sp³-hybridized carbons (Fsp3) is 0.654. The van der Waals surface area contributed by atoms with Crippen LogP contribution in [0.5, 0.6) is 5.75 Å². The maximum absolute atomic E-state index is 13.0. The Balaban J connectivity index is 1.37. The van der Waals surface area contributed by atoms with E-state index >= 15 is 0 Å². The first-order chi connectivity index (χ1) is 16.0. The Labute approximate surface area is 195 Å². The van der Waals surface area contributed by atoms with Gasteiger partial charge in [0.15, 0.2) is 0 Å². The summed E-state index contributed by atoms with van der Waals surface area (Å²) in [5.41, 5.74) is 3.60. The number of fused-ring (bicyclic) bond motifs is 4. The smallest absolute Gasteiger partial charge is 0.317 e. The first kappa shape index (κ1) is 21.3. The predicted octanol–water partition coefficient (Wildman–Crippen LogP) is 3.15. The van der Waals surface area contributed by atoms with E-state index in [2.05, 4.69) is 34.0 Å². The number of methoxy groups -OCH3 is 1. The van der Waals surface area contributed by atoms with Crippen molar-refractivity contribution < 1.29 is 14.6 Å². The summed E-state index contributed by atoms with van der Waals surface area (Å²) >= 11 is 0. The van der Waals surface area contributed by atoms with Crippen molar-refractivity contribution in [2.75, 3.05) is 39.9 Å². The summed E-state index contributed by atoms with van der Waals surface area (Å²) in [5, 5.41) is 15.0. The van der Waals surface area contributed by atoms with Gasteiger partial charge in [0.05, 0.1) is 25.3 Å². The highest BCUT2D eigenvalue weighted by molar-refractivity contribution is 5.89. The Morgan fingerprint density at radius 1 is 1.18 bits per heavy atom. The van der Waals surface area contributed by atoms with Crippen molar-refractivity contribution >= 4 is 16.9 Å². The summed E-state index contributed by atoms with van der Waals surface area (Å²) < 4.78 is 7.77. The van der Waals surface area contributed by atoms with Gasteiger partial charge in [0.2, 0.25) is 0 Å². The normalized spacial score (nSPS) is 24.8. The number of hydrogen-bond acceptors (Lipinski definition) is 4. The second-order valence-electron chi connectivity index (χ2n) is 10.8. The van der Waals surface area contributed by atoms with Crippen LogP contribution in [0.2, 0.25) is 0 Å². The van der Waals surface area contributed by atoms with Crippen LogP contribution in [0.15, 0.2) is 18.2 Å². The Hall–Kier alpha value is -2.25. The number of ether oxygens (including phenoxy) is 1. The van der Waals surface area contributed by atoms with Crippen molar-refractivity contribution in [1.82, 2.24) is 19.7 Å². The van der Waals surface area contributed by atoms with Gasteiger partial charge >= 0.3 is 6.03 Å². The number of rotatable bonds is 5. The van der Waals surface area contributed by atoms with Gasteiger partial charge < -0.3 is 24.6 Å². The van der Waals surface area contributed by atoms with Crippen molar-refractivity contribution in [3.63, 3.8) is 0 Å². The van der Waals surface area contributed by atoms with Gasteiger partial charge in [-0.05, 0) is 49.3 Å². The molecule has 1 atom stereocenters. The minimum Gasteiger partial charge on any atom is -0.497 e. The summed E-state index contributed by atoms with van der Waals surface area (Å²) in [5.74, 6) is 1.59. The third-order valence-corrected chi connectivity index (χ3v) is 8.57. The van der Waals surface area contributed by atoms with E-state index in [0.29, 0.717) is 6.04 Å². The van der Waals surface area contributed by atoms with Crippen LogP contribution in [0, 0.1) is 5.92 Å². The molecule has 2 amide bonds. The lowest BCUT2D eigenvalue weighted by atomic mass is 9.68. The summed E-state index contributed by atoms with van der Waals surface area (Å²) in [4.78, 5) is 17.5. The maximum Gasteiger partial charge on any atom is 0.317 e. The molecule has 3 heterocycles. The Bertz CT molecular complexity index is 1060. The SMILES string of the molecule is COc1ccc2c3c(n(C)c2c1)[C@H](CO)N(CC1CC1)CC31CN(C(=O)NC2CCCC2)C1. The van der Waals surface area contributed by atoms with E-state index in [0.717, 1.165) is 56.2 Å². The molecule has 1 spiro atoms. The highest BCUT2D eigenvalue weighted by Crippen LogP contribution is 2.50. The summed E-state index contributed by atoms with van der Waals surface area (Å²) in [6.45, 7) is 3.53. The molecule has 2 aliphatic carbocycles. The Kier molecular flexibility index (Phi) is 5.11. The van der Waals surface area contributed by atoms with Gasteiger partial charge in [-0.1, -0.05) is 12.8 Å². The van der Waals surface area contributed by atoms with Crippen LogP contribution < -0.4 is 10.1 Å². The molecule has 1 aromatic heterocycles. The second-order valence-corrected chi connectivity index (χ2v) is 10.8. The third kappa shape index (κ3) is 3.43. The average Bonchev–Trinajstić information content (AvgIpc) is 3.37. The fourth-order valence-electron chi connectivity index (χ4n) is 6.71. The van der Waals surface area contributed by atoms with E-state index in [1.165, 1.54) is 42.3 Å². The van der Waals surface area contributed by atoms with E-state index in [-0.39, 0.29) is 24.1 Å². The van der Waals surface area contributed by atoms with E-state index in [9.17, 15) is 9.90 Å². The zero-order chi connectivity index (χ0) is 22.7. The second kappa shape index (κ2) is 7.91. The minimum atomic E-state index is -0.0863. The van der Waals surface area contributed by atoms with Crippen LogP contribution in [0.1, 0.15) is 55.8 Å². The van der Waals surface area contributed by atoms with Crippen LogP contribution in [-0.4, -0.2) is 71.4 Å². The molecule has 4 aliphatic rings. The molecule has 7 heteroatoms. The zero-order valence-electron chi connectivity index (χ0n) is 19.8. The standard InChI is InChI=1S/C26H36N4O3/c1-28-21-11-19(33-2)9-10-20(21)23-24(28)22(13-31)29(12-17-7-8-17)14-26(23)15-30(16-26)25(32)27-18-5-3-4-6-18/h9-11,17-18,22,31H,3-8,12-16H2,1-2H3,(H,27,32)/t22-/m0/s1. The Morgan fingerprint density at radius 2 is 1.94 bits per heavy atom. The third-order valence-electron chi connectivity index (χ3n) is 8.57. The first-order valence-corrected chi connectivity index (χ1v) is 12.6. The molecule has 2 N–H and O–H groups in total. The number of amides is 2. The molecule has 0 unspecified atom stereocenters. The molecule has 2 aromatic rings. The zero-order valence-corrected chi connectivity index (χ0v) is 19.8. The molecule has 0 radical (unpaired) electrons. The van der Waals surface area contributed by atoms with Crippen molar-refractivity contribution in [3.8, 4) is 5.75 Å². The number of aliphatic hydroxyl groups excluding tert-OH is 1. The molecule has 0 bridgehead atoms. The number of likely N-dealkylation sites (tertiary alicyclic amines) is 1. The van der Waals surface area contributed by atoms with Crippen molar-refractivity contribution in [2.24, 2.45) is 13.0 Å². The van der Waals surface area contributed by atoms with E-state index in [4.69, 9.17) is 4.74 Å². The molecule has 7 nitrogen and oxygen atoms in total. The number of benzene rings is 1. The summed E-state index contributed by atoms with van der Waals surface area (Å²) in [6, 6.07) is 6.73. The number of carbonyl (C=O) groups is 1. The lowest BCUT2D eigenvalue weighted by Gasteiger charge is -2.56. The topological polar surface area (TPSA) is 70.0 Å². The van der Waals surface area contributed by atoms with Gasteiger partial charge in [0.25, 0.3) is 0 Å². The average molecular weight is 453 g/mol. The number of nitrogens with one attached hydrogen (secondary N) is 1. The lowest BCUT2D eigenvalue weighted by Crippen LogP contribution is -2.69. The van der Waals surface area contributed by atoms with Crippen LogP contribution >= 0.6 is 0 Å². The van der Waals surface area contributed by atoms with Crippen LogP contribution in [-0.2, 0) is 12.5 Å². The van der Waals surface area contributed by atoms with Gasteiger partial charge in [0, 0.05) is 61.8 Å². The molecule has 1 saturated heterocycles. The maximum atomic E-state index is 13.0. The largest absolute Gasteiger partial charge is 0.497 e. The molecule has 3 fully saturated rings.